The Bertz CT molecular complexity index is 246. The average molecular weight is 184 g/mol. The Kier molecular flexibility index (Phi) is 3.25. The fourth-order valence-electron chi connectivity index (χ4n) is 0.965. The molecule has 0 fully saturated rings. The molecule has 1 heterocycles. The van der Waals surface area contributed by atoms with Gasteiger partial charge in [0.05, 0.1) is 0 Å². The van der Waals surface area contributed by atoms with Gasteiger partial charge in [0.15, 0.2) is 0 Å². The molecule has 1 aromatic rings. The number of carbonyl (C=O) groups is 1. The van der Waals surface area contributed by atoms with E-state index in [-0.39, 0.29) is 11.8 Å². The van der Waals surface area contributed by atoms with Gasteiger partial charge in [-0.15, -0.1) is 11.3 Å². The van der Waals surface area contributed by atoms with E-state index < -0.39 is 0 Å². The third-order valence-electron chi connectivity index (χ3n) is 1.68. The van der Waals surface area contributed by atoms with Crippen molar-refractivity contribution < 1.29 is 4.79 Å². The maximum absolute atomic E-state index is 11.0. The monoisotopic (exact) mass is 184 g/mol. The molecular formula is C8H12N2OS. The molecule has 0 radical (unpaired) electrons. The summed E-state index contributed by atoms with van der Waals surface area (Å²) in [7, 11) is 0. The molecule has 4 heteroatoms. The first-order chi connectivity index (χ1) is 5.74. The average Bonchev–Trinajstić information content (AvgIpc) is 2.55. The van der Waals surface area contributed by atoms with Crippen molar-refractivity contribution in [3.05, 3.63) is 22.4 Å². The molecular weight excluding hydrogens is 172 g/mol. The predicted molar refractivity (Wildman–Crippen MR) is 49.5 cm³/mol. The highest BCUT2D eigenvalue weighted by molar-refractivity contribution is 7.09. The van der Waals surface area contributed by atoms with Gasteiger partial charge in [-0.1, -0.05) is 13.0 Å². The van der Waals surface area contributed by atoms with Crippen LogP contribution in [-0.4, -0.2) is 5.91 Å². The van der Waals surface area contributed by atoms with Crippen LogP contribution in [0.2, 0.25) is 0 Å². The van der Waals surface area contributed by atoms with Crippen LogP contribution in [0.15, 0.2) is 17.5 Å². The number of carbonyl (C=O) groups excluding carboxylic acids is 1. The molecule has 3 N–H and O–H groups in total. The van der Waals surface area contributed by atoms with Crippen LogP contribution in [0.1, 0.15) is 11.8 Å². The Morgan fingerprint density at radius 3 is 3.08 bits per heavy atom. The van der Waals surface area contributed by atoms with Crippen LogP contribution in [0.5, 0.6) is 0 Å². The van der Waals surface area contributed by atoms with Crippen LogP contribution in [-0.2, 0) is 11.2 Å². The highest BCUT2D eigenvalue weighted by Gasteiger charge is 2.11. The molecule has 0 spiro atoms. The Hall–Kier alpha value is -0.870. The molecule has 1 amide bonds. The fraction of sp³-hybridized carbons (Fsp3) is 0.375. The number of rotatable bonds is 3. The molecule has 1 aromatic heterocycles. The summed E-state index contributed by atoms with van der Waals surface area (Å²) in [5, 5.41) is 2.00. The van der Waals surface area contributed by atoms with Crippen LogP contribution in [0.3, 0.4) is 0 Å². The molecule has 0 aliphatic heterocycles. The lowest BCUT2D eigenvalue weighted by molar-refractivity contribution is -0.124. The maximum atomic E-state index is 11.0. The largest absolute Gasteiger partial charge is 0.294 e. The van der Waals surface area contributed by atoms with Crippen LogP contribution in [0.4, 0.5) is 0 Å². The van der Waals surface area contributed by atoms with E-state index >= 15 is 0 Å². The molecule has 66 valence electrons. The third kappa shape index (κ3) is 2.32. The first-order valence-electron chi connectivity index (χ1n) is 3.77. The lowest BCUT2D eigenvalue weighted by atomic mass is 10.1. The predicted octanol–water partition coefficient (Wildman–Crippen LogP) is 0.917. The lowest BCUT2D eigenvalue weighted by Crippen LogP contribution is -2.35. The summed E-state index contributed by atoms with van der Waals surface area (Å²) in [6.07, 6.45) is 0.765. The first-order valence-corrected chi connectivity index (χ1v) is 4.65. The first kappa shape index (κ1) is 9.22. The van der Waals surface area contributed by atoms with Crippen molar-refractivity contribution in [3.8, 4) is 0 Å². The van der Waals surface area contributed by atoms with E-state index in [9.17, 15) is 4.79 Å². The van der Waals surface area contributed by atoms with Crippen LogP contribution in [0, 0.1) is 5.92 Å². The Morgan fingerprint density at radius 2 is 2.58 bits per heavy atom. The summed E-state index contributed by atoms with van der Waals surface area (Å²) in [6, 6.07) is 4.00. The smallest absolute Gasteiger partial charge is 0.237 e. The minimum Gasteiger partial charge on any atom is -0.294 e. The van der Waals surface area contributed by atoms with E-state index in [2.05, 4.69) is 5.43 Å². The maximum Gasteiger partial charge on any atom is 0.237 e. The summed E-state index contributed by atoms with van der Waals surface area (Å²) >= 11 is 1.66. The quantitative estimate of drug-likeness (QED) is 0.417. The summed E-state index contributed by atoms with van der Waals surface area (Å²) in [4.78, 5) is 12.2. The van der Waals surface area contributed by atoms with Gasteiger partial charge in [0, 0.05) is 10.8 Å². The molecule has 1 unspecified atom stereocenters. The van der Waals surface area contributed by atoms with E-state index in [1.165, 1.54) is 4.88 Å². The second-order valence-electron chi connectivity index (χ2n) is 2.69. The van der Waals surface area contributed by atoms with Gasteiger partial charge in [-0.25, -0.2) is 5.84 Å². The fourth-order valence-corrected chi connectivity index (χ4v) is 1.80. The number of thiophene rings is 1. The van der Waals surface area contributed by atoms with E-state index in [0.29, 0.717) is 0 Å². The second-order valence-corrected chi connectivity index (χ2v) is 3.73. The molecule has 0 saturated heterocycles. The summed E-state index contributed by atoms with van der Waals surface area (Å²) in [6.45, 7) is 1.86. The summed E-state index contributed by atoms with van der Waals surface area (Å²) < 4.78 is 0. The molecule has 1 atom stereocenters. The number of hydrogen-bond donors (Lipinski definition) is 2. The van der Waals surface area contributed by atoms with E-state index in [0.717, 1.165) is 6.42 Å². The standard InChI is InChI=1S/C8H12N2OS/c1-6(8(11)10-9)5-7-3-2-4-12-7/h2-4,6H,5,9H2,1H3,(H,10,11). The molecule has 1 rings (SSSR count). The van der Waals surface area contributed by atoms with E-state index in [1.54, 1.807) is 11.3 Å². The highest BCUT2D eigenvalue weighted by Crippen LogP contribution is 2.13. The third-order valence-corrected chi connectivity index (χ3v) is 2.58. The van der Waals surface area contributed by atoms with Gasteiger partial charge >= 0.3 is 0 Å². The lowest BCUT2D eigenvalue weighted by Gasteiger charge is -2.06. The normalized spacial score (nSPS) is 12.5. The van der Waals surface area contributed by atoms with Gasteiger partial charge in [-0.3, -0.25) is 10.2 Å². The molecule has 0 aliphatic rings. The van der Waals surface area contributed by atoms with Crippen LogP contribution < -0.4 is 11.3 Å². The van der Waals surface area contributed by atoms with Gasteiger partial charge in [0.25, 0.3) is 0 Å². The van der Waals surface area contributed by atoms with Crippen molar-refractivity contribution in [2.24, 2.45) is 11.8 Å². The molecule has 0 aromatic carbocycles. The summed E-state index contributed by atoms with van der Waals surface area (Å²) in [5.41, 5.74) is 2.14. The van der Waals surface area contributed by atoms with Crippen LogP contribution >= 0.6 is 11.3 Å². The summed E-state index contributed by atoms with van der Waals surface area (Å²) in [5.74, 6) is 4.85. The SMILES string of the molecule is CC(Cc1cccs1)C(=O)NN. The van der Waals surface area contributed by atoms with Crippen molar-refractivity contribution in [3.63, 3.8) is 0 Å². The van der Waals surface area contributed by atoms with Gasteiger partial charge in [0.2, 0.25) is 5.91 Å². The molecule has 0 saturated carbocycles. The highest BCUT2D eigenvalue weighted by atomic mass is 32.1. The van der Waals surface area contributed by atoms with Crippen molar-refractivity contribution in [2.75, 3.05) is 0 Å². The molecule has 3 nitrogen and oxygen atoms in total. The minimum atomic E-state index is -0.108. The van der Waals surface area contributed by atoms with Crippen molar-refractivity contribution in [1.29, 1.82) is 0 Å². The number of hydrazine groups is 1. The van der Waals surface area contributed by atoms with E-state index in [4.69, 9.17) is 5.84 Å². The Balaban J connectivity index is 2.47. The zero-order valence-electron chi connectivity index (χ0n) is 6.91. The number of nitrogens with two attached hydrogens (primary N) is 1. The Labute approximate surface area is 75.6 Å². The molecule has 0 aliphatic carbocycles. The minimum absolute atomic E-state index is 0.0475. The topological polar surface area (TPSA) is 55.1 Å². The van der Waals surface area contributed by atoms with Gasteiger partial charge in [-0.05, 0) is 17.9 Å². The van der Waals surface area contributed by atoms with Crippen molar-refractivity contribution in [2.45, 2.75) is 13.3 Å². The number of nitrogens with one attached hydrogen (secondary N) is 1. The number of hydrogen-bond acceptors (Lipinski definition) is 3. The Morgan fingerprint density at radius 1 is 1.83 bits per heavy atom. The number of amides is 1. The van der Waals surface area contributed by atoms with Gasteiger partial charge in [0.1, 0.15) is 0 Å². The van der Waals surface area contributed by atoms with Crippen LogP contribution in [0.25, 0.3) is 0 Å². The van der Waals surface area contributed by atoms with Crippen molar-refractivity contribution in [1.82, 2.24) is 5.43 Å². The zero-order chi connectivity index (χ0) is 8.97. The van der Waals surface area contributed by atoms with E-state index in [1.807, 2.05) is 24.4 Å². The molecule has 0 bridgehead atoms. The van der Waals surface area contributed by atoms with Gasteiger partial charge < -0.3 is 0 Å². The second kappa shape index (κ2) is 4.23. The zero-order valence-corrected chi connectivity index (χ0v) is 7.73. The van der Waals surface area contributed by atoms with Crippen molar-refractivity contribution >= 4 is 17.2 Å². The molecule has 12 heavy (non-hydrogen) atoms. The van der Waals surface area contributed by atoms with Gasteiger partial charge in [-0.2, -0.15) is 0 Å².